The van der Waals surface area contributed by atoms with E-state index in [2.05, 4.69) is 18.2 Å². The fourth-order valence-electron chi connectivity index (χ4n) is 1.40. The van der Waals surface area contributed by atoms with Crippen molar-refractivity contribution in [3.05, 3.63) is 24.3 Å². The highest BCUT2D eigenvalue weighted by atomic mass is 16.5. The van der Waals surface area contributed by atoms with Gasteiger partial charge in [0.25, 0.3) is 0 Å². The fourth-order valence-corrected chi connectivity index (χ4v) is 1.40. The lowest BCUT2D eigenvalue weighted by molar-refractivity contribution is -0.141. The molecular weight excluding hydrogens is 200 g/mol. The lowest BCUT2D eigenvalue weighted by Crippen LogP contribution is -1.99. The fraction of sp³-hybridized carbons (Fsp3) is 0.643. The molecule has 0 fully saturated rings. The summed E-state index contributed by atoms with van der Waals surface area (Å²) in [6, 6.07) is 0. The monoisotopic (exact) mass is 224 g/mol. The first-order valence-corrected chi connectivity index (χ1v) is 6.18. The second kappa shape index (κ2) is 12.0. The summed E-state index contributed by atoms with van der Waals surface area (Å²) in [5.74, 6) is -0.172. The molecule has 0 rings (SSSR count). The van der Waals surface area contributed by atoms with Gasteiger partial charge in [-0.05, 0) is 26.2 Å². The van der Waals surface area contributed by atoms with E-state index < -0.39 is 0 Å². The summed E-state index contributed by atoms with van der Waals surface area (Å²) < 4.78 is 4.86. The summed E-state index contributed by atoms with van der Waals surface area (Å²) in [5.41, 5.74) is 0. The second-order valence-electron chi connectivity index (χ2n) is 3.85. The zero-order chi connectivity index (χ0) is 12.1. The van der Waals surface area contributed by atoms with Crippen molar-refractivity contribution in [2.75, 3.05) is 6.61 Å². The van der Waals surface area contributed by atoms with Gasteiger partial charge in [-0.2, -0.15) is 0 Å². The highest BCUT2D eigenvalue weighted by molar-refractivity contribution is 5.65. The van der Waals surface area contributed by atoms with Gasteiger partial charge in [0.05, 0.1) is 6.61 Å². The van der Waals surface area contributed by atoms with Gasteiger partial charge in [-0.15, -0.1) is 0 Å². The minimum Gasteiger partial charge on any atom is -0.466 e. The maximum atomic E-state index is 10.5. The quantitative estimate of drug-likeness (QED) is 0.336. The van der Waals surface area contributed by atoms with Gasteiger partial charge in [0.1, 0.15) is 0 Å². The third kappa shape index (κ3) is 12.9. The molecule has 0 aliphatic rings. The van der Waals surface area contributed by atoms with Gasteiger partial charge in [-0.3, -0.25) is 4.79 Å². The number of hydrogen-bond donors (Lipinski definition) is 0. The molecule has 0 heterocycles. The average molecular weight is 224 g/mol. The van der Waals surface area contributed by atoms with Gasteiger partial charge in [0, 0.05) is 6.92 Å². The molecule has 16 heavy (non-hydrogen) atoms. The smallest absolute Gasteiger partial charge is 0.302 e. The summed E-state index contributed by atoms with van der Waals surface area (Å²) >= 11 is 0. The predicted molar refractivity (Wildman–Crippen MR) is 68.3 cm³/mol. The van der Waals surface area contributed by atoms with Crippen molar-refractivity contribution in [1.29, 1.82) is 0 Å². The van der Waals surface area contributed by atoms with Crippen LogP contribution in [0.5, 0.6) is 0 Å². The van der Waals surface area contributed by atoms with Crippen molar-refractivity contribution in [1.82, 2.24) is 0 Å². The van der Waals surface area contributed by atoms with Crippen molar-refractivity contribution in [3.8, 4) is 0 Å². The van der Waals surface area contributed by atoms with Crippen LogP contribution in [0.15, 0.2) is 24.3 Å². The molecule has 0 atom stereocenters. The number of esters is 1. The van der Waals surface area contributed by atoms with Gasteiger partial charge < -0.3 is 4.74 Å². The minimum absolute atomic E-state index is 0.172. The number of hydrogen-bond acceptors (Lipinski definition) is 2. The van der Waals surface area contributed by atoms with Crippen LogP contribution in [0, 0.1) is 0 Å². The van der Waals surface area contributed by atoms with Crippen molar-refractivity contribution in [2.24, 2.45) is 0 Å². The zero-order valence-corrected chi connectivity index (χ0v) is 10.6. The molecule has 0 radical (unpaired) electrons. The van der Waals surface area contributed by atoms with Crippen LogP contribution in [0.1, 0.15) is 52.4 Å². The van der Waals surface area contributed by atoms with Gasteiger partial charge in [0.15, 0.2) is 0 Å². The van der Waals surface area contributed by atoms with Crippen molar-refractivity contribution in [3.63, 3.8) is 0 Å². The standard InChI is InChI=1S/C14H24O2/c1-3-4-5-6-7-8-9-10-11-12-13-16-14(2)15/h3-6H,7-13H2,1-2H3/b4-3+,6-5-. The molecule has 0 amide bonds. The summed E-state index contributed by atoms with van der Waals surface area (Å²) in [4.78, 5) is 10.5. The molecule has 0 bridgehead atoms. The maximum absolute atomic E-state index is 10.5. The highest BCUT2D eigenvalue weighted by Crippen LogP contribution is 2.06. The van der Waals surface area contributed by atoms with E-state index >= 15 is 0 Å². The van der Waals surface area contributed by atoms with Crippen LogP contribution in [0.2, 0.25) is 0 Å². The van der Waals surface area contributed by atoms with Crippen LogP contribution in [0.25, 0.3) is 0 Å². The normalized spacial score (nSPS) is 11.4. The number of ether oxygens (including phenoxy) is 1. The molecule has 0 saturated heterocycles. The molecular formula is C14H24O2. The van der Waals surface area contributed by atoms with Gasteiger partial charge >= 0.3 is 5.97 Å². The lowest BCUT2D eigenvalue weighted by atomic mass is 10.1. The molecule has 0 spiro atoms. The van der Waals surface area contributed by atoms with E-state index in [4.69, 9.17) is 4.74 Å². The van der Waals surface area contributed by atoms with Crippen molar-refractivity contribution in [2.45, 2.75) is 52.4 Å². The molecule has 0 unspecified atom stereocenters. The van der Waals surface area contributed by atoms with Crippen molar-refractivity contribution < 1.29 is 9.53 Å². The first-order chi connectivity index (χ1) is 7.77. The van der Waals surface area contributed by atoms with E-state index in [-0.39, 0.29) is 5.97 Å². The number of allylic oxidation sites excluding steroid dienone is 4. The largest absolute Gasteiger partial charge is 0.466 e. The number of unbranched alkanes of at least 4 members (excludes halogenated alkanes) is 5. The van der Waals surface area contributed by atoms with Gasteiger partial charge in [-0.25, -0.2) is 0 Å². The Balaban J connectivity index is 3.07. The second-order valence-corrected chi connectivity index (χ2v) is 3.85. The van der Waals surface area contributed by atoms with E-state index in [0.29, 0.717) is 6.61 Å². The van der Waals surface area contributed by atoms with E-state index in [1.807, 2.05) is 13.0 Å². The lowest BCUT2D eigenvalue weighted by Gasteiger charge is -2.01. The minimum atomic E-state index is -0.172. The molecule has 2 nitrogen and oxygen atoms in total. The topological polar surface area (TPSA) is 26.3 Å². The Morgan fingerprint density at radius 2 is 1.75 bits per heavy atom. The Morgan fingerprint density at radius 3 is 2.44 bits per heavy atom. The van der Waals surface area contributed by atoms with E-state index in [1.165, 1.54) is 26.2 Å². The van der Waals surface area contributed by atoms with E-state index in [1.54, 1.807) is 0 Å². The van der Waals surface area contributed by atoms with Crippen LogP contribution in [0.3, 0.4) is 0 Å². The number of carbonyl (C=O) groups is 1. The Bertz CT molecular complexity index is 217. The van der Waals surface area contributed by atoms with Crippen LogP contribution in [0.4, 0.5) is 0 Å². The maximum Gasteiger partial charge on any atom is 0.302 e. The SMILES string of the molecule is C/C=C/C=C\CCCCCCCOC(C)=O. The van der Waals surface area contributed by atoms with Crippen LogP contribution in [-0.4, -0.2) is 12.6 Å². The molecule has 0 saturated carbocycles. The Hall–Kier alpha value is -1.05. The molecule has 0 aliphatic carbocycles. The molecule has 0 aliphatic heterocycles. The third-order valence-electron chi connectivity index (χ3n) is 2.26. The van der Waals surface area contributed by atoms with Crippen LogP contribution >= 0.6 is 0 Å². The average Bonchev–Trinajstić information content (AvgIpc) is 2.25. The molecule has 0 aromatic carbocycles. The summed E-state index contributed by atoms with van der Waals surface area (Å²) in [7, 11) is 0. The molecule has 0 aromatic rings. The summed E-state index contributed by atoms with van der Waals surface area (Å²) in [5, 5.41) is 0. The first kappa shape index (κ1) is 14.9. The Morgan fingerprint density at radius 1 is 1.06 bits per heavy atom. The van der Waals surface area contributed by atoms with Gasteiger partial charge in [0.2, 0.25) is 0 Å². The van der Waals surface area contributed by atoms with E-state index in [0.717, 1.165) is 19.3 Å². The third-order valence-corrected chi connectivity index (χ3v) is 2.26. The Labute approximate surface area is 99.4 Å². The summed E-state index contributed by atoms with van der Waals surface area (Å²) in [6.07, 6.45) is 15.5. The molecule has 0 aromatic heterocycles. The predicted octanol–water partition coefficient (Wildman–Crippen LogP) is 4.02. The van der Waals surface area contributed by atoms with Crippen LogP contribution < -0.4 is 0 Å². The van der Waals surface area contributed by atoms with Gasteiger partial charge in [-0.1, -0.05) is 43.6 Å². The molecule has 2 heteroatoms. The first-order valence-electron chi connectivity index (χ1n) is 6.18. The molecule has 92 valence electrons. The van der Waals surface area contributed by atoms with E-state index in [9.17, 15) is 4.79 Å². The Kier molecular flexibility index (Phi) is 11.2. The van der Waals surface area contributed by atoms with Crippen molar-refractivity contribution >= 4 is 5.97 Å². The highest BCUT2D eigenvalue weighted by Gasteiger charge is 1.93. The summed E-state index contributed by atoms with van der Waals surface area (Å²) in [6.45, 7) is 4.06. The number of rotatable bonds is 9. The zero-order valence-electron chi connectivity index (χ0n) is 10.6. The van der Waals surface area contributed by atoms with Crippen LogP contribution in [-0.2, 0) is 9.53 Å². The number of carbonyl (C=O) groups excluding carboxylic acids is 1. The molecule has 0 N–H and O–H groups in total.